The Morgan fingerprint density at radius 2 is 1.95 bits per heavy atom. The van der Waals surface area contributed by atoms with Crippen molar-refractivity contribution < 1.29 is 13.2 Å². The first kappa shape index (κ1) is 14.9. The molecule has 1 amide bonds. The molecule has 2 heterocycles. The summed E-state index contributed by atoms with van der Waals surface area (Å²) in [6, 6.07) is 3.55. The minimum atomic E-state index is -3.19. The van der Waals surface area contributed by atoms with Crippen molar-refractivity contribution in [2.75, 3.05) is 32.4 Å². The van der Waals surface area contributed by atoms with Crippen LogP contribution in [0.1, 0.15) is 22.5 Å². The zero-order chi connectivity index (χ0) is 14.8. The van der Waals surface area contributed by atoms with Crippen LogP contribution in [0.4, 0.5) is 0 Å². The van der Waals surface area contributed by atoms with E-state index in [0.717, 1.165) is 5.69 Å². The highest BCUT2D eigenvalue weighted by Crippen LogP contribution is 2.11. The van der Waals surface area contributed by atoms with Crippen LogP contribution in [-0.4, -0.2) is 60.9 Å². The third-order valence-corrected chi connectivity index (χ3v) is 4.67. The monoisotopic (exact) mass is 297 g/mol. The van der Waals surface area contributed by atoms with Gasteiger partial charge in [0.05, 0.1) is 11.8 Å². The Kier molecular flexibility index (Phi) is 4.39. The molecule has 6 nitrogen and oxygen atoms in total. The number of hydrogen-bond donors (Lipinski definition) is 0. The quantitative estimate of drug-likeness (QED) is 0.797. The Morgan fingerprint density at radius 3 is 2.55 bits per heavy atom. The van der Waals surface area contributed by atoms with Crippen LogP contribution in [0, 0.1) is 6.92 Å². The Bertz CT molecular complexity index is 583. The van der Waals surface area contributed by atoms with Crippen LogP contribution in [-0.2, 0) is 10.0 Å². The Morgan fingerprint density at radius 1 is 1.20 bits per heavy atom. The maximum absolute atomic E-state index is 12.3. The van der Waals surface area contributed by atoms with Gasteiger partial charge in [-0.1, -0.05) is 0 Å². The second kappa shape index (κ2) is 5.88. The molecule has 110 valence electrons. The smallest absolute Gasteiger partial charge is 0.255 e. The van der Waals surface area contributed by atoms with Gasteiger partial charge >= 0.3 is 0 Å². The SMILES string of the molecule is Cc1ccc(C(=O)N2CCCN(S(C)(=O)=O)CC2)cn1. The van der Waals surface area contributed by atoms with Gasteiger partial charge in [0.25, 0.3) is 5.91 Å². The number of carbonyl (C=O) groups excluding carboxylic acids is 1. The molecule has 1 aromatic heterocycles. The van der Waals surface area contributed by atoms with Crippen LogP contribution in [0.15, 0.2) is 18.3 Å². The molecular formula is C13H19N3O3S. The van der Waals surface area contributed by atoms with E-state index in [1.54, 1.807) is 23.2 Å². The van der Waals surface area contributed by atoms with Gasteiger partial charge in [0.2, 0.25) is 10.0 Å². The second-order valence-corrected chi connectivity index (χ2v) is 6.98. The Hall–Kier alpha value is -1.47. The van der Waals surface area contributed by atoms with Crippen molar-refractivity contribution >= 4 is 15.9 Å². The number of nitrogens with zero attached hydrogens (tertiary/aromatic N) is 3. The molecule has 0 spiro atoms. The fourth-order valence-electron chi connectivity index (χ4n) is 2.21. The highest BCUT2D eigenvalue weighted by molar-refractivity contribution is 7.88. The minimum Gasteiger partial charge on any atom is -0.337 e. The predicted molar refractivity (Wildman–Crippen MR) is 75.9 cm³/mol. The number of rotatable bonds is 2. The average molecular weight is 297 g/mol. The van der Waals surface area contributed by atoms with E-state index in [0.29, 0.717) is 38.2 Å². The molecule has 0 N–H and O–H groups in total. The van der Waals surface area contributed by atoms with Crippen molar-refractivity contribution in [3.05, 3.63) is 29.6 Å². The molecule has 0 aromatic carbocycles. The molecule has 1 fully saturated rings. The van der Waals surface area contributed by atoms with Crippen LogP contribution in [0.25, 0.3) is 0 Å². The lowest BCUT2D eigenvalue weighted by atomic mass is 10.2. The summed E-state index contributed by atoms with van der Waals surface area (Å²) in [5.74, 6) is -0.0900. The van der Waals surface area contributed by atoms with Gasteiger partial charge in [0.1, 0.15) is 0 Å². The molecule has 0 unspecified atom stereocenters. The molecule has 1 saturated heterocycles. The highest BCUT2D eigenvalue weighted by atomic mass is 32.2. The number of hydrogen-bond acceptors (Lipinski definition) is 4. The van der Waals surface area contributed by atoms with Crippen LogP contribution < -0.4 is 0 Å². The lowest BCUT2D eigenvalue weighted by molar-refractivity contribution is 0.0764. The van der Waals surface area contributed by atoms with Gasteiger partial charge in [-0.2, -0.15) is 0 Å². The molecule has 0 bridgehead atoms. The van der Waals surface area contributed by atoms with E-state index in [4.69, 9.17) is 0 Å². The van der Waals surface area contributed by atoms with E-state index >= 15 is 0 Å². The number of amides is 1. The van der Waals surface area contributed by atoms with Crippen LogP contribution >= 0.6 is 0 Å². The van der Waals surface area contributed by atoms with Gasteiger partial charge in [0.15, 0.2) is 0 Å². The van der Waals surface area contributed by atoms with Crippen molar-refractivity contribution in [3.63, 3.8) is 0 Å². The normalized spacial score (nSPS) is 17.8. The summed E-state index contributed by atoms with van der Waals surface area (Å²) in [6.45, 7) is 3.67. The second-order valence-electron chi connectivity index (χ2n) is 5.00. The standard InChI is InChI=1S/C13H19N3O3S/c1-11-4-5-12(10-14-11)13(17)15-6-3-7-16(9-8-15)20(2,18)19/h4-5,10H,3,6-9H2,1-2H3. The van der Waals surface area contributed by atoms with Crippen molar-refractivity contribution in [2.24, 2.45) is 0 Å². The summed E-state index contributed by atoms with van der Waals surface area (Å²) in [6.07, 6.45) is 3.42. The third kappa shape index (κ3) is 3.55. The molecule has 0 saturated carbocycles. The maximum Gasteiger partial charge on any atom is 0.255 e. The van der Waals surface area contributed by atoms with Crippen molar-refractivity contribution in [2.45, 2.75) is 13.3 Å². The lowest BCUT2D eigenvalue weighted by Gasteiger charge is -2.21. The summed E-state index contributed by atoms with van der Waals surface area (Å²) in [4.78, 5) is 18.1. The lowest BCUT2D eigenvalue weighted by Crippen LogP contribution is -2.37. The summed E-state index contributed by atoms with van der Waals surface area (Å²) in [7, 11) is -3.19. The molecule has 2 rings (SSSR count). The van der Waals surface area contributed by atoms with Crippen molar-refractivity contribution in [1.29, 1.82) is 0 Å². The molecule has 1 aliphatic heterocycles. The first-order valence-electron chi connectivity index (χ1n) is 6.55. The van der Waals surface area contributed by atoms with Crippen molar-refractivity contribution in [3.8, 4) is 0 Å². The minimum absolute atomic E-state index is 0.0900. The molecule has 0 radical (unpaired) electrons. The number of carbonyl (C=O) groups is 1. The highest BCUT2D eigenvalue weighted by Gasteiger charge is 2.24. The molecular weight excluding hydrogens is 278 g/mol. The van der Waals surface area contributed by atoms with Gasteiger partial charge < -0.3 is 4.90 Å². The average Bonchev–Trinajstić information content (AvgIpc) is 2.64. The third-order valence-electron chi connectivity index (χ3n) is 3.37. The maximum atomic E-state index is 12.3. The summed E-state index contributed by atoms with van der Waals surface area (Å²) in [5, 5.41) is 0. The van der Waals surface area contributed by atoms with Gasteiger partial charge in [-0.05, 0) is 25.5 Å². The number of pyridine rings is 1. The zero-order valence-electron chi connectivity index (χ0n) is 11.7. The van der Waals surface area contributed by atoms with E-state index in [2.05, 4.69) is 4.98 Å². The van der Waals surface area contributed by atoms with Gasteiger partial charge in [-0.15, -0.1) is 0 Å². The molecule has 7 heteroatoms. The summed E-state index contributed by atoms with van der Waals surface area (Å²) < 4.78 is 24.5. The first-order valence-corrected chi connectivity index (χ1v) is 8.40. The molecule has 0 aliphatic carbocycles. The largest absolute Gasteiger partial charge is 0.337 e. The topological polar surface area (TPSA) is 70.6 Å². The van der Waals surface area contributed by atoms with E-state index in [9.17, 15) is 13.2 Å². The molecule has 0 atom stereocenters. The summed E-state index contributed by atoms with van der Waals surface area (Å²) >= 11 is 0. The fourth-order valence-corrected chi connectivity index (χ4v) is 3.08. The molecule has 1 aliphatic rings. The Labute approximate surface area is 119 Å². The van der Waals surface area contributed by atoms with Gasteiger partial charge in [-0.3, -0.25) is 9.78 Å². The van der Waals surface area contributed by atoms with Crippen molar-refractivity contribution in [1.82, 2.24) is 14.2 Å². The zero-order valence-corrected chi connectivity index (χ0v) is 12.6. The van der Waals surface area contributed by atoms with E-state index in [1.165, 1.54) is 10.6 Å². The molecule has 20 heavy (non-hydrogen) atoms. The van der Waals surface area contributed by atoms with Crippen LogP contribution in [0.3, 0.4) is 0 Å². The van der Waals surface area contributed by atoms with Gasteiger partial charge in [0, 0.05) is 38.1 Å². The fraction of sp³-hybridized carbons (Fsp3) is 0.538. The van der Waals surface area contributed by atoms with E-state index in [1.807, 2.05) is 6.92 Å². The van der Waals surface area contributed by atoms with Crippen LogP contribution in [0.2, 0.25) is 0 Å². The van der Waals surface area contributed by atoms with E-state index in [-0.39, 0.29) is 5.91 Å². The first-order chi connectivity index (χ1) is 9.38. The van der Waals surface area contributed by atoms with Gasteiger partial charge in [-0.25, -0.2) is 12.7 Å². The summed E-state index contributed by atoms with van der Waals surface area (Å²) in [5.41, 5.74) is 1.41. The van der Waals surface area contributed by atoms with E-state index < -0.39 is 10.0 Å². The predicted octanol–water partition coefficient (Wildman–Crippen LogP) is 0.498. The Balaban J connectivity index is 2.07. The number of sulfonamides is 1. The number of aromatic nitrogens is 1. The van der Waals surface area contributed by atoms with Crippen LogP contribution in [0.5, 0.6) is 0 Å². The molecule has 1 aromatic rings. The number of aryl methyl sites for hydroxylation is 1.